The fraction of sp³-hybridized carbons (Fsp3) is 0.289. The highest BCUT2D eigenvalue weighted by Gasteiger charge is 2.13. The van der Waals surface area contributed by atoms with E-state index >= 15 is 0 Å². The van der Waals surface area contributed by atoms with E-state index in [9.17, 15) is 4.79 Å². The van der Waals surface area contributed by atoms with E-state index in [2.05, 4.69) is 67.4 Å². The number of nitrogen functional groups attached to an aromatic ring is 2. The zero-order valence-corrected chi connectivity index (χ0v) is 34.2. The van der Waals surface area contributed by atoms with E-state index in [1.165, 1.54) is 17.2 Å². The molecule has 1 aliphatic rings. The number of aromatic nitrogens is 6. The Morgan fingerprint density at radius 1 is 0.722 bits per heavy atom. The number of anilines is 2. The lowest BCUT2D eigenvalue weighted by atomic mass is 10.2. The predicted molar refractivity (Wildman–Crippen MR) is 222 cm³/mol. The molecule has 0 aliphatic carbocycles. The summed E-state index contributed by atoms with van der Waals surface area (Å²) in [6.07, 6.45) is 13.8. The summed E-state index contributed by atoms with van der Waals surface area (Å²) in [5.41, 5.74) is 15.9. The molecule has 5 aromatic heterocycles. The highest BCUT2D eigenvalue weighted by Crippen LogP contribution is 2.33. The minimum atomic E-state index is -0.830. The zero-order valence-electron chi connectivity index (χ0n) is 31.2. The molecule has 0 spiro atoms. The normalized spacial score (nSPS) is 12.3. The standard InChI is InChI=1S/3C7H9N.C6H3Cl4N.C6H10N2O2.C5H8N4/c1-2-7-3-5-8-6-4-7;1-2-7-4-3-5-8-6-7;1-2-7-5-3-4-6-8-7;1-2-3(7)5(9)11-6(10)4(2)8;1-2-4-3-5(9)8-6(10)7-4;1-3-8-4(6)2-5(7)9-3/h3*3-6H,2H2,1H3;1H3;3,5,9H,2H2,1H3,(H2,7,8,10);2H,1H3,(H4,6,7,8,9). The van der Waals surface area contributed by atoms with Gasteiger partial charge < -0.3 is 27.2 Å². The molecule has 0 radical (unpaired) electrons. The van der Waals surface area contributed by atoms with Gasteiger partial charge in [0.1, 0.15) is 34.0 Å². The Labute approximate surface area is 337 Å². The molecule has 5 aromatic rings. The van der Waals surface area contributed by atoms with Gasteiger partial charge in [0.15, 0.2) is 0 Å². The van der Waals surface area contributed by atoms with Gasteiger partial charge in [-0.3, -0.25) is 15.0 Å². The van der Waals surface area contributed by atoms with E-state index < -0.39 is 6.23 Å². The molecule has 0 fully saturated rings. The van der Waals surface area contributed by atoms with Gasteiger partial charge in [0.2, 0.25) is 0 Å². The highest BCUT2D eigenvalue weighted by atomic mass is 35.5. The lowest BCUT2D eigenvalue weighted by molar-refractivity contribution is 0.172. The molecule has 0 aromatic carbocycles. The Bertz CT molecular complexity index is 1670. The zero-order chi connectivity index (χ0) is 40.5. The largest absolute Gasteiger partial charge is 0.384 e. The number of urea groups is 1. The maximum absolute atomic E-state index is 10.6. The first-order valence-corrected chi connectivity index (χ1v) is 18.4. The first-order chi connectivity index (χ1) is 25.7. The number of rotatable bonds is 4. The number of aryl methyl sites for hydroxylation is 4. The van der Waals surface area contributed by atoms with Crippen LogP contribution in [-0.4, -0.2) is 47.3 Å². The third-order valence-corrected chi connectivity index (χ3v) is 8.43. The van der Waals surface area contributed by atoms with Crippen molar-refractivity contribution in [2.75, 3.05) is 11.5 Å². The monoisotopic (exact) mass is 816 g/mol. The van der Waals surface area contributed by atoms with Gasteiger partial charge in [-0.15, -0.1) is 0 Å². The minimum Gasteiger partial charge on any atom is -0.384 e. The molecule has 0 saturated carbocycles. The number of pyridine rings is 4. The topological polar surface area (TPSA) is 191 Å². The van der Waals surface area contributed by atoms with Crippen molar-refractivity contribution in [1.29, 1.82) is 0 Å². The van der Waals surface area contributed by atoms with Crippen LogP contribution in [0, 0.1) is 13.8 Å². The van der Waals surface area contributed by atoms with Crippen molar-refractivity contribution in [2.45, 2.75) is 73.5 Å². The Morgan fingerprint density at radius 2 is 1.33 bits per heavy atom. The summed E-state index contributed by atoms with van der Waals surface area (Å²) >= 11 is 22.6. The number of hydrogen-bond donors (Lipinski definition) is 5. The quantitative estimate of drug-likeness (QED) is 0.110. The minimum absolute atomic E-state index is 0.179. The first-order valence-electron chi connectivity index (χ1n) is 16.9. The molecule has 7 N–H and O–H groups in total. The molecule has 2 amide bonds. The smallest absolute Gasteiger partial charge is 0.321 e. The number of hydrogen-bond acceptors (Lipinski definition) is 10. The van der Waals surface area contributed by atoms with Crippen LogP contribution in [-0.2, 0) is 19.3 Å². The maximum Gasteiger partial charge on any atom is 0.321 e. The molecule has 54 heavy (non-hydrogen) atoms. The van der Waals surface area contributed by atoms with Crippen molar-refractivity contribution in [2.24, 2.45) is 0 Å². The fourth-order valence-corrected chi connectivity index (χ4v) is 4.65. The van der Waals surface area contributed by atoms with Gasteiger partial charge in [0.05, 0.1) is 10.0 Å². The third kappa shape index (κ3) is 20.0. The number of nitrogens with two attached hydrogens (primary N) is 2. The van der Waals surface area contributed by atoms with Gasteiger partial charge in [-0.2, -0.15) is 0 Å². The number of aliphatic hydroxyl groups excluding tert-OH is 1. The number of aliphatic hydroxyl groups is 1. The van der Waals surface area contributed by atoms with E-state index in [4.69, 9.17) is 63.0 Å². The summed E-state index contributed by atoms with van der Waals surface area (Å²) in [5.74, 6) is 1.44. The van der Waals surface area contributed by atoms with Crippen molar-refractivity contribution in [3.8, 4) is 0 Å². The predicted octanol–water partition coefficient (Wildman–Crippen LogP) is 8.80. The second-order valence-corrected chi connectivity index (χ2v) is 12.4. The molecule has 1 aliphatic heterocycles. The van der Waals surface area contributed by atoms with Gasteiger partial charge in [0, 0.05) is 48.4 Å². The van der Waals surface area contributed by atoms with Crippen LogP contribution in [0.5, 0.6) is 0 Å². The van der Waals surface area contributed by atoms with Crippen molar-refractivity contribution in [3.05, 3.63) is 140 Å². The SMILES string of the molecule is CCC1=CC(O)NC(=O)N1.CCc1ccccn1.CCc1cccnc1.CCc1ccncc1.Cc1c(Cl)c(Cl)nc(Cl)c1Cl.Cc1nc(N)cc(N)n1. The van der Waals surface area contributed by atoms with Crippen LogP contribution in [0.4, 0.5) is 16.4 Å². The van der Waals surface area contributed by atoms with Gasteiger partial charge in [-0.05, 0) is 92.6 Å². The summed E-state index contributed by atoms with van der Waals surface area (Å²) < 4.78 is 0. The number of nitrogens with one attached hydrogen (secondary N) is 2. The number of carbonyl (C=O) groups excluding carboxylic acids is 1. The summed E-state index contributed by atoms with van der Waals surface area (Å²) in [4.78, 5) is 33.9. The summed E-state index contributed by atoms with van der Waals surface area (Å²) in [5, 5.41) is 14.8. The number of nitrogens with zero attached hydrogens (tertiary/aromatic N) is 6. The third-order valence-electron chi connectivity index (χ3n) is 6.76. The second-order valence-electron chi connectivity index (χ2n) is 10.9. The van der Waals surface area contributed by atoms with E-state index in [1.54, 1.807) is 26.1 Å². The summed E-state index contributed by atoms with van der Waals surface area (Å²) in [6, 6.07) is 15.2. The van der Waals surface area contributed by atoms with E-state index in [0.717, 1.165) is 37.1 Å². The molecule has 6 rings (SSSR count). The number of allylic oxidation sites excluding steroid dienone is 1. The summed E-state index contributed by atoms with van der Waals surface area (Å²) in [7, 11) is 0. The first kappa shape index (κ1) is 47.4. The molecule has 290 valence electrons. The molecule has 12 nitrogen and oxygen atoms in total. The Morgan fingerprint density at radius 3 is 1.72 bits per heavy atom. The van der Waals surface area contributed by atoms with Crippen LogP contribution < -0.4 is 22.1 Å². The Balaban J connectivity index is 0.000000325. The van der Waals surface area contributed by atoms with Crippen LogP contribution in [0.15, 0.2) is 91.3 Å². The van der Waals surface area contributed by atoms with Crippen molar-refractivity contribution >= 4 is 64.1 Å². The molecule has 16 heteroatoms. The van der Waals surface area contributed by atoms with Crippen LogP contribution in [0.25, 0.3) is 0 Å². The fourth-order valence-electron chi connectivity index (χ4n) is 3.83. The Kier molecular flexibility index (Phi) is 23.8. The van der Waals surface area contributed by atoms with Crippen LogP contribution in [0.2, 0.25) is 20.4 Å². The van der Waals surface area contributed by atoms with Crippen molar-refractivity contribution < 1.29 is 9.90 Å². The van der Waals surface area contributed by atoms with Crippen LogP contribution in [0.1, 0.15) is 62.3 Å². The van der Waals surface area contributed by atoms with E-state index in [1.807, 2.05) is 68.1 Å². The Hall–Kier alpha value is -4.59. The average Bonchev–Trinajstić information content (AvgIpc) is 3.17. The van der Waals surface area contributed by atoms with Gasteiger partial charge in [-0.1, -0.05) is 86.2 Å². The van der Waals surface area contributed by atoms with Crippen molar-refractivity contribution in [1.82, 2.24) is 40.5 Å². The van der Waals surface area contributed by atoms with Gasteiger partial charge in [-0.25, -0.2) is 19.7 Å². The van der Waals surface area contributed by atoms with Crippen molar-refractivity contribution in [3.63, 3.8) is 0 Å². The maximum atomic E-state index is 10.6. The van der Waals surface area contributed by atoms with Crippen LogP contribution >= 0.6 is 46.4 Å². The lowest BCUT2D eigenvalue weighted by Gasteiger charge is -2.18. The molecule has 0 bridgehead atoms. The van der Waals surface area contributed by atoms with E-state index in [-0.39, 0.29) is 16.3 Å². The molecule has 6 heterocycles. The molecule has 1 atom stereocenters. The highest BCUT2D eigenvalue weighted by molar-refractivity contribution is 6.46. The lowest BCUT2D eigenvalue weighted by Crippen LogP contribution is -2.45. The molecular formula is C38H48Cl4N10O2. The average molecular weight is 819 g/mol. The van der Waals surface area contributed by atoms with Gasteiger partial charge in [0.25, 0.3) is 0 Å². The number of amides is 2. The molecular weight excluding hydrogens is 770 g/mol. The number of halogens is 4. The van der Waals surface area contributed by atoms with Crippen LogP contribution in [0.3, 0.4) is 0 Å². The molecule has 0 saturated heterocycles. The second kappa shape index (κ2) is 27.1. The number of carbonyl (C=O) groups is 1. The van der Waals surface area contributed by atoms with E-state index in [0.29, 0.717) is 33.1 Å². The summed E-state index contributed by atoms with van der Waals surface area (Å²) in [6.45, 7) is 11.7. The van der Waals surface area contributed by atoms with Gasteiger partial charge >= 0.3 is 6.03 Å². The molecule has 1 unspecified atom stereocenters.